The summed E-state index contributed by atoms with van der Waals surface area (Å²) >= 11 is 0. The molecule has 0 fully saturated rings. The molecule has 10 heteroatoms. The summed E-state index contributed by atoms with van der Waals surface area (Å²) in [6.07, 6.45) is 78.0. The van der Waals surface area contributed by atoms with Crippen LogP contribution in [0.3, 0.4) is 0 Å². The van der Waals surface area contributed by atoms with Gasteiger partial charge in [0.25, 0.3) is 0 Å². The van der Waals surface area contributed by atoms with Crippen molar-refractivity contribution in [2.45, 2.75) is 213 Å². The van der Waals surface area contributed by atoms with Gasteiger partial charge in [0.15, 0.2) is 6.10 Å². The van der Waals surface area contributed by atoms with Gasteiger partial charge < -0.3 is 20.1 Å². The van der Waals surface area contributed by atoms with Crippen LogP contribution in [0.25, 0.3) is 0 Å². The number of carbonyl (C=O) groups is 2. The minimum Gasteiger partial charge on any atom is -0.462 e. The van der Waals surface area contributed by atoms with Crippen molar-refractivity contribution in [1.82, 2.24) is 0 Å². The molecular weight excluding hydrogens is 906 g/mol. The SMILES string of the molecule is CC/C=C\C/C=C\C/C=C\C/C=C\C/C=C\C/C=C\C/C=C\C/C=C\C/C=C\C/C=C\CCCCCCCCCCC(=O)OC(COC(=O)CCCCCCC/C=C\CCCC)COP(=O)(O)OCCN. The Balaban J connectivity index is 3.98. The Hall–Kier alpha value is -3.85. The van der Waals surface area contributed by atoms with Crippen LogP contribution in [0, 0.1) is 0 Å². The second-order valence-corrected chi connectivity index (χ2v) is 19.2. The molecule has 0 heterocycles. The minimum atomic E-state index is -4.39. The van der Waals surface area contributed by atoms with Gasteiger partial charge in [0.1, 0.15) is 6.61 Å². The number of rotatable bonds is 50. The standard InChI is InChI=1S/C61H100NO8P/c1-3-5-7-9-11-13-15-16-17-18-19-20-21-22-23-24-25-26-27-28-29-30-31-32-33-34-35-36-37-38-39-40-41-42-44-46-48-50-52-54-61(64)70-59(58-69-71(65,66)68-56-55-62)57-67-60(63)53-51-49-47-45-43-14-12-10-8-6-4-2/h5,7,10-13,16-17,19-20,22-23,25-26,28-29,31-32,34-35,37-38,59H,3-4,6,8-9,14-15,18,21,24,27,30,33,36,39-58,62H2,1-2H3,(H,65,66)/b7-5-,12-10-,13-11-,17-16-,20-19-,23-22-,26-25-,29-28-,32-31-,35-34-,38-37-. The first-order valence-electron chi connectivity index (χ1n) is 27.7. The molecule has 0 aromatic carbocycles. The predicted molar refractivity (Wildman–Crippen MR) is 302 cm³/mol. The van der Waals surface area contributed by atoms with E-state index in [2.05, 4.69) is 148 Å². The fraction of sp³-hybridized carbons (Fsp3) is 0.607. The smallest absolute Gasteiger partial charge is 0.462 e. The summed E-state index contributed by atoms with van der Waals surface area (Å²) < 4.78 is 32.8. The van der Waals surface area contributed by atoms with E-state index >= 15 is 0 Å². The fourth-order valence-electron chi connectivity index (χ4n) is 6.94. The molecule has 0 aliphatic carbocycles. The summed E-state index contributed by atoms with van der Waals surface area (Å²) in [6, 6.07) is 0. The normalized spacial score (nSPS) is 14.1. The number of unbranched alkanes of at least 4 members (excludes halogenated alkanes) is 15. The van der Waals surface area contributed by atoms with Gasteiger partial charge in [-0.3, -0.25) is 18.6 Å². The van der Waals surface area contributed by atoms with Gasteiger partial charge in [0.05, 0.1) is 13.2 Å². The molecular formula is C61H100NO8P. The van der Waals surface area contributed by atoms with Gasteiger partial charge in [-0.1, -0.05) is 218 Å². The molecule has 0 rings (SSSR count). The second kappa shape index (κ2) is 55.5. The van der Waals surface area contributed by atoms with Crippen molar-refractivity contribution in [3.05, 3.63) is 134 Å². The Kier molecular flexibility index (Phi) is 52.5. The molecule has 0 spiro atoms. The highest BCUT2D eigenvalue weighted by molar-refractivity contribution is 7.47. The molecule has 0 amide bonds. The Morgan fingerprint density at radius 3 is 1.17 bits per heavy atom. The maximum atomic E-state index is 12.6. The zero-order chi connectivity index (χ0) is 51.7. The molecule has 9 nitrogen and oxygen atoms in total. The summed E-state index contributed by atoms with van der Waals surface area (Å²) in [7, 11) is -4.39. The van der Waals surface area contributed by atoms with Gasteiger partial charge in [-0.05, 0) is 109 Å². The van der Waals surface area contributed by atoms with Crippen LogP contribution < -0.4 is 5.73 Å². The van der Waals surface area contributed by atoms with E-state index in [-0.39, 0.29) is 32.6 Å². The van der Waals surface area contributed by atoms with E-state index in [0.717, 1.165) is 128 Å². The number of ether oxygens (including phenoxy) is 2. The number of phosphoric ester groups is 1. The van der Waals surface area contributed by atoms with Crippen LogP contribution in [0.5, 0.6) is 0 Å². The van der Waals surface area contributed by atoms with Crippen molar-refractivity contribution in [3.8, 4) is 0 Å². The van der Waals surface area contributed by atoms with Crippen LogP contribution in [-0.4, -0.2) is 49.3 Å². The number of carbonyl (C=O) groups excluding carboxylic acids is 2. The summed E-state index contributed by atoms with van der Waals surface area (Å²) in [6.45, 7) is 3.54. The highest BCUT2D eigenvalue weighted by atomic mass is 31.2. The lowest BCUT2D eigenvalue weighted by molar-refractivity contribution is -0.161. The first kappa shape index (κ1) is 67.1. The van der Waals surface area contributed by atoms with Crippen molar-refractivity contribution in [3.63, 3.8) is 0 Å². The molecule has 3 N–H and O–H groups in total. The highest BCUT2D eigenvalue weighted by Crippen LogP contribution is 2.43. The Morgan fingerprint density at radius 2 is 0.775 bits per heavy atom. The van der Waals surface area contributed by atoms with Crippen LogP contribution in [0.2, 0.25) is 0 Å². The Bertz CT molecular complexity index is 1620. The molecule has 0 aliphatic rings. The lowest BCUT2D eigenvalue weighted by Gasteiger charge is -2.19. The van der Waals surface area contributed by atoms with Gasteiger partial charge in [-0.2, -0.15) is 0 Å². The molecule has 0 saturated carbocycles. The highest BCUT2D eigenvalue weighted by Gasteiger charge is 2.26. The number of allylic oxidation sites excluding steroid dienone is 22. The van der Waals surface area contributed by atoms with Gasteiger partial charge in [0.2, 0.25) is 0 Å². The molecule has 0 aliphatic heterocycles. The van der Waals surface area contributed by atoms with Gasteiger partial charge >= 0.3 is 19.8 Å². The largest absolute Gasteiger partial charge is 0.472 e. The van der Waals surface area contributed by atoms with Gasteiger partial charge in [-0.25, -0.2) is 4.57 Å². The molecule has 71 heavy (non-hydrogen) atoms. The van der Waals surface area contributed by atoms with Crippen molar-refractivity contribution in [1.29, 1.82) is 0 Å². The summed E-state index contributed by atoms with van der Waals surface area (Å²) in [5, 5.41) is 0. The lowest BCUT2D eigenvalue weighted by atomic mass is 10.1. The minimum absolute atomic E-state index is 0.0447. The molecule has 0 saturated heterocycles. The topological polar surface area (TPSA) is 134 Å². The van der Waals surface area contributed by atoms with Crippen LogP contribution in [0.1, 0.15) is 206 Å². The number of hydrogen-bond acceptors (Lipinski definition) is 8. The number of esters is 2. The van der Waals surface area contributed by atoms with Crippen molar-refractivity contribution >= 4 is 19.8 Å². The molecule has 0 aromatic heterocycles. The summed E-state index contributed by atoms with van der Waals surface area (Å²) in [5.41, 5.74) is 5.36. The van der Waals surface area contributed by atoms with Crippen molar-refractivity contribution < 1.29 is 37.6 Å². The second-order valence-electron chi connectivity index (χ2n) is 17.7. The predicted octanol–water partition coefficient (Wildman–Crippen LogP) is 17.4. The zero-order valence-electron chi connectivity index (χ0n) is 44.7. The van der Waals surface area contributed by atoms with E-state index in [9.17, 15) is 19.0 Å². The van der Waals surface area contributed by atoms with E-state index in [4.69, 9.17) is 24.3 Å². The molecule has 0 aromatic rings. The van der Waals surface area contributed by atoms with Crippen molar-refractivity contribution in [2.75, 3.05) is 26.4 Å². The molecule has 402 valence electrons. The average molecular weight is 1010 g/mol. The maximum Gasteiger partial charge on any atom is 0.472 e. The third kappa shape index (κ3) is 55.3. The monoisotopic (exact) mass is 1010 g/mol. The van der Waals surface area contributed by atoms with E-state index in [1.54, 1.807) is 0 Å². The van der Waals surface area contributed by atoms with Crippen LogP contribution in [-0.2, 0) is 32.7 Å². The Morgan fingerprint density at radius 1 is 0.437 bits per heavy atom. The van der Waals surface area contributed by atoms with E-state index < -0.39 is 32.5 Å². The average Bonchev–Trinajstić information content (AvgIpc) is 3.36. The number of hydrogen-bond donors (Lipinski definition) is 2. The van der Waals surface area contributed by atoms with Crippen LogP contribution in [0.4, 0.5) is 0 Å². The first-order valence-corrected chi connectivity index (χ1v) is 29.2. The molecule has 2 unspecified atom stereocenters. The fourth-order valence-corrected chi connectivity index (χ4v) is 7.70. The maximum absolute atomic E-state index is 12.6. The first-order chi connectivity index (χ1) is 34.8. The third-order valence-corrected chi connectivity index (χ3v) is 12.0. The van der Waals surface area contributed by atoms with Crippen molar-refractivity contribution in [2.24, 2.45) is 5.73 Å². The summed E-state index contributed by atoms with van der Waals surface area (Å²) in [5.74, 6) is -0.859. The lowest BCUT2D eigenvalue weighted by Crippen LogP contribution is -2.29. The molecule has 2 atom stereocenters. The number of nitrogens with two attached hydrogens (primary N) is 1. The van der Waals surface area contributed by atoms with Gasteiger partial charge in [-0.15, -0.1) is 0 Å². The zero-order valence-corrected chi connectivity index (χ0v) is 45.5. The van der Waals surface area contributed by atoms with Crippen LogP contribution >= 0.6 is 7.82 Å². The van der Waals surface area contributed by atoms with Gasteiger partial charge in [0, 0.05) is 19.4 Å². The molecule has 0 bridgehead atoms. The Labute approximate surface area is 434 Å². The molecule has 0 radical (unpaired) electrons. The third-order valence-electron chi connectivity index (χ3n) is 11.0. The van der Waals surface area contributed by atoms with E-state index in [0.29, 0.717) is 12.8 Å². The van der Waals surface area contributed by atoms with E-state index in [1.807, 2.05) is 0 Å². The van der Waals surface area contributed by atoms with Crippen LogP contribution in [0.15, 0.2) is 134 Å². The quantitative estimate of drug-likeness (QED) is 0.0264. The van der Waals surface area contributed by atoms with E-state index in [1.165, 1.54) is 38.5 Å². The number of phosphoric acid groups is 1. The summed E-state index contributed by atoms with van der Waals surface area (Å²) in [4.78, 5) is 35.0.